The van der Waals surface area contributed by atoms with Crippen molar-refractivity contribution in [3.63, 3.8) is 0 Å². The largest absolute Gasteiger partial charge is 0.493 e. The van der Waals surface area contributed by atoms with Gasteiger partial charge in [0.25, 0.3) is 0 Å². The first-order chi connectivity index (χ1) is 9.19. The molecule has 1 unspecified atom stereocenters. The van der Waals surface area contributed by atoms with Crippen LogP contribution in [0.5, 0.6) is 5.75 Å². The molecule has 1 aromatic carbocycles. The van der Waals surface area contributed by atoms with Crippen LogP contribution in [0.15, 0.2) is 18.2 Å². The lowest BCUT2D eigenvalue weighted by atomic mass is 10.1. The van der Waals surface area contributed by atoms with Gasteiger partial charge in [-0.15, -0.1) is 5.10 Å². The van der Waals surface area contributed by atoms with Crippen molar-refractivity contribution in [2.24, 2.45) is 0 Å². The molecule has 0 radical (unpaired) electrons. The molecule has 19 heavy (non-hydrogen) atoms. The van der Waals surface area contributed by atoms with Crippen LogP contribution in [0.4, 0.5) is 5.69 Å². The second-order valence-corrected chi connectivity index (χ2v) is 4.36. The molecule has 1 heterocycles. The number of anilines is 1. The van der Waals surface area contributed by atoms with Crippen LogP contribution in [-0.4, -0.2) is 26.8 Å². The van der Waals surface area contributed by atoms with Gasteiger partial charge in [0.2, 0.25) is 0 Å². The van der Waals surface area contributed by atoms with Crippen molar-refractivity contribution < 1.29 is 4.74 Å². The average Bonchev–Trinajstić information content (AvgIpc) is 2.87. The summed E-state index contributed by atoms with van der Waals surface area (Å²) in [5, 5.41) is 11.9. The summed E-state index contributed by atoms with van der Waals surface area (Å²) in [6.07, 6.45) is 0.939. The smallest absolute Gasteiger partial charge is 0.188 e. The minimum Gasteiger partial charge on any atom is -0.493 e. The number of hydrogen-bond donors (Lipinski definition) is 1. The average molecular weight is 261 g/mol. The van der Waals surface area contributed by atoms with E-state index in [1.54, 1.807) is 4.68 Å². The minimum absolute atomic E-state index is 0.207. The molecule has 6 heteroatoms. The number of hydrogen-bond acceptors (Lipinski definition) is 5. The Hall–Kier alpha value is -2.11. The van der Waals surface area contributed by atoms with Gasteiger partial charge >= 0.3 is 0 Å². The molecule has 2 N–H and O–H groups in total. The van der Waals surface area contributed by atoms with Crippen molar-refractivity contribution in [3.8, 4) is 17.1 Å². The quantitative estimate of drug-likeness (QED) is 0.835. The highest BCUT2D eigenvalue weighted by atomic mass is 16.5. The monoisotopic (exact) mass is 261 g/mol. The van der Waals surface area contributed by atoms with Crippen molar-refractivity contribution in [1.29, 1.82) is 0 Å². The summed E-state index contributed by atoms with van der Waals surface area (Å²) in [5.74, 6) is 1.36. The Labute approximate surface area is 112 Å². The lowest BCUT2D eigenvalue weighted by Crippen LogP contribution is -2.09. The van der Waals surface area contributed by atoms with Gasteiger partial charge < -0.3 is 10.5 Å². The molecule has 1 aromatic heterocycles. The van der Waals surface area contributed by atoms with Crippen molar-refractivity contribution in [1.82, 2.24) is 20.2 Å². The molecule has 6 nitrogen and oxygen atoms in total. The van der Waals surface area contributed by atoms with Gasteiger partial charge in [0.15, 0.2) is 5.82 Å². The molecule has 0 saturated carbocycles. The van der Waals surface area contributed by atoms with Gasteiger partial charge in [0, 0.05) is 5.69 Å². The van der Waals surface area contributed by atoms with Gasteiger partial charge in [-0.2, -0.15) is 0 Å². The van der Waals surface area contributed by atoms with Crippen LogP contribution < -0.4 is 10.5 Å². The molecule has 0 aliphatic heterocycles. The van der Waals surface area contributed by atoms with Gasteiger partial charge in [0.05, 0.1) is 18.2 Å². The van der Waals surface area contributed by atoms with E-state index in [0.717, 1.165) is 12.0 Å². The molecule has 0 aliphatic rings. The Morgan fingerprint density at radius 1 is 1.37 bits per heavy atom. The van der Waals surface area contributed by atoms with E-state index in [1.165, 1.54) is 0 Å². The molecule has 2 aromatic rings. The summed E-state index contributed by atoms with van der Waals surface area (Å²) in [7, 11) is 0. The summed E-state index contributed by atoms with van der Waals surface area (Å²) < 4.78 is 7.41. The molecule has 0 amide bonds. The predicted molar refractivity (Wildman–Crippen MR) is 73.8 cm³/mol. The van der Waals surface area contributed by atoms with Crippen molar-refractivity contribution in [3.05, 3.63) is 18.2 Å². The number of ether oxygens (including phenoxy) is 1. The Morgan fingerprint density at radius 2 is 2.16 bits per heavy atom. The molecule has 1 atom stereocenters. The van der Waals surface area contributed by atoms with Gasteiger partial charge in [0.1, 0.15) is 5.75 Å². The molecule has 2 rings (SSSR count). The molecule has 102 valence electrons. The summed E-state index contributed by atoms with van der Waals surface area (Å²) in [6.45, 7) is 6.67. The summed E-state index contributed by atoms with van der Waals surface area (Å²) >= 11 is 0. The first-order valence-electron chi connectivity index (χ1n) is 6.48. The van der Waals surface area contributed by atoms with E-state index in [9.17, 15) is 0 Å². The molecule has 0 bridgehead atoms. The maximum absolute atomic E-state index is 6.06. The van der Waals surface area contributed by atoms with Gasteiger partial charge in [-0.1, -0.05) is 13.0 Å². The molecule has 0 aliphatic carbocycles. The lowest BCUT2D eigenvalue weighted by Gasteiger charge is -2.15. The van der Waals surface area contributed by atoms with E-state index in [4.69, 9.17) is 10.5 Å². The van der Waals surface area contributed by atoms with Crippen LogP contribution in [0.3, 0.4) is 0 Å². The number of tetrazole rings is 1. The van der Waals surface area contributed by atoms with E-state index in [-0.39, 0.29) is 6.04 Å². The number of rotatable bonds is 5. The highest BCUT2D eigenvalue weighted by Crippen LogP contribution is 2.34. The van der Waals surface area contributed by atoms with Crippen LogP contribution in [-0.2, 0) is 0 Å². The number of aromatic nitrogens is 4. The molecular formula is C13H19N5O. The highest BCUT2D eigenvalue weighted by molar-refractivity contribution is 5.77. The third-order valence-corrected chi connectivity index (χ3v) is 3.08. The molecule has 0 saturated heterocycles. The fourth-order valence-electron chi connectivity index (χ4n) is 1.89. The first-order valence-corrected chi connectivity index (χ1v) is 6.48. The predicted octanol–water partition coefficient (Wildman–Crippen LogP) is 2.29. The lowest BCUT2D eigenvalue weighted by molar-refractivity contribution is 0.341. The zero-order chi connectivity index (χ0) is 13.8. The number of nitrogens with zero attached hydrogens (tertiary/aromatic N) is 4. The van der Waals surface area contributed by atoms with Crippen LogP contribution in [0.1, 0.15) is 33.2 Å². The van der Waals surface area contributed by atoms with E-state index in [2.05, 4.69) is 29.4 Å². The van der Waals surface area contributed by atoms with E-state index in [0.29, 0.717) is 23.9 Å². The maximum Gasteiger partial charge on any atom is 0.188 e. The first kappa shape index (κ1) is 13.3. The fraction of sp³-hybridized carbons (Fsp3) is 0.462. The van der Waals surface area contributed by atoms with Crippen molar-refractivity contribution in [2.45, 2.75) is 33.2 Å². The maximum atomic E-state index is 6.06. The zero-order valence-electron chi connectivity index (χ0n) is 11.5. The Balaban J connectivity index is 2.55. The van der Waals surface area contributed by atoms with Crippen molar-refractivity contribution >= 4 is 5.69 Å². The third-order valence-electron chi connectivity index (χ3n) is 3.08. The molecule has 0 fully saturated rings. The van der Waals surface area contributed by atoms with Crippen molar-refractivity contribution in [2.75, 3.05) is 12.3 Å². The topological polar surface area (TPSA) is 78.8 Å². The Bertz CT molecular complexity index is 552. The van der Waals surface area contributed by atoms with Crippen LogP contribution in [0.2, 0.25) is 0 Å². The fourth-order valence-corrected chi connectivity index (χ4v) is 1.89. The van der Waals surface area contributed by atoms with Crippen LogP contribution >= 0.6 is 0 Å². The van der Waals surface area contributed by atoms with E-state index >= 15 is 0 Å². The standard InChI is InChI=1S/C13H19N5O/c1-4-9(3)18-13(15-16-17-18)12-10(14)7-6-8-11(12)19-5-2/h6-9H,4-5,14H2,1-3H3. The third kappa shape index (κ3) is 2.52. The molecule has 0 spiro atoms. The second kappa shape index (κ2) is 5.69. The Kier molecular flexibility index (Phi) is 3.99. The second-order valence-electron chi connectivity index (χ2n) is 4.36. The minimum atomic E-state index is 0.207. The Morgan fingerprint density at radius 3 is 2.84 bits per heavy atom. The number of nitrogens with two attached hydrogens (primary N) is 1. The normalized spacial score (nSPS) is 12.4. The highest BCUT2D eigenvalue weighted by Gasteiger charge is 2.19. The number of nitrogen functional groups attached to an aromatic ring is 1. The zero-order valence-corrected chi connectivity index (χ0v) is 11.5. The van der Waals surface area contributed by atoms with Crippen LogP contribution in [0, 0.1) is 0 Å². The summed E-state index contributed by atoms with van der Waals surface area (Å²) in [4.78, 5) is 0. The van der Waals surface area contributed by atoms with Crippen LogP contribution in [0.25, 0.3) is 11.4 Å². The van der Waals surface area contributed by atoms with Gasteiger partial charge in [-0.3, -0.25) is 0 Å². The van der Waals surface area contributed by atoms with Gasteiger partial charge in [-0.05, 0) is 42.8 Å². The summed E-state index contributed by atoms with van der Waals surface area (Å²) in [5.41, 5.74) is 7.44. The van der Waals surface area contributed by atoms with E-state index < -0.39 is 0 Å². The summed E-state index contributed by atoms with van der Waals surface area (Å²) in [6, 6.07) is 5.78. The molecular weight excluding hydrogens is 242 g/mol. The van der Waals surface area contributed by atoms with E-state index in [1.807, 2.05) is 25.1 Å². The van der Waals surface area contributed by atoms with Gasteiger partial charge in [-0.25, -0.2) is 4.68 Å². The SMILES string of the molecule is CCOc1cccc(N)c1-c1nnnn1C(C)CC. The number of benzene rings is 1.